The van der Waals surface area contributed by atoms with E-state index in [9.17, 15) is 9.65 Å². The molecule has 2 aromatic carbocycles. The number of anilines is 1. The molecule has 3 aromatic rings. The molecule has 0 atom stereocenters. The summed E-state index contributed by atoms with van der Waals surface area (Å²) >= 11 is 0. The summed E-state index contributed by atoms with van der Waals surface area (Å²) in [5, 5.41) is 9.92. The lowest BCUT2D eigenvalue weighted by atomic mass is 10.1. The first-order chi connectivity index (χ1) is 13.7. The molecule has 6 heteroatoms. The van der Waals surface area contributed by atoms with Crippen molar-refractivity contribution in [2.45, 2.75) is 0 Å². The topological polar surface area (TPSA) is 56.1 Å². The maximum absolute atomic E-state index is 13.4. The minimum Gasteiger partial charge on any atom is -0.353 e. The molecule has 1 aliphatic heterocycles. The monoisotopic (exact) mass is 373 g/mol. The number of rotatable bonds is 3. The molecular weight excluding hydrogens is 353 g/mol. The maximum Gasteiger partial charge on any atom is 0.162 e. The molecule has 0 aliphatic carbocycles. The van der Waals surface area contributed by atoms with Gasteiger partial charge < -0.3 is 9.80 Å². The summed E-state index contributed by atoms with van der Waals surface area (Å²) < 4.78 is 13.4. The zero-order chi connectivity index (χ0) is 19.5. The van der Waals surface area contributed by atoms with Gasteiger partial charge in [0.15, 0.2) is 11.6 Å². The molecule has 1 fully saturated rings. The SMILES string of the molecule is CN1CCN(c2nc(-c3ccccc3)nc(-c3ccc(F)cc3)c2C#N)CC1. The lowest BCUT2D eigenvalue weighted by Crippen LogP contribution is -2.45. The summed E-state index contributed by atoms with van der Waals surface area (Å²) in [6, 6.07) is 18.1. The highest BCUT2D eigenvalue weighted by Gasteiger charge is 2.23. The highest BCUT2D eigenvalue weighted by atomic mass is 19.1. The third-order valence-electron chi connectivity index (χ3n) is 4.95. The first-order valence-corrected chi connectivity index (χ1v) is 9.22. The second-order valence-corrected chi connectivity index (χ2v) is 6.87. The van der Waals surface area contributed by atoms with Crippen molar-refractivity contribution >= 4 is 5.82 Å². The summed E-state index contributed by atoms with van der Waals surface area (Å²) in [5.74, 6) is 0.885. The van der Waals surface area contributed by atoms with Gasteiger partial charge in [0.25, 0.3) is 0 Å². The molecule has 0 bridgehead atoms. The number of hydrogen-bond acceptors (Lipinski definition) is 5. The van der Waals surface area contributed by atoms with Gasteiger partial charge >= 0.3 is 0 Å². The first-order valence-electron chi connectivity index (χ1n) is 9.22. The van der Waals surface area contributed by atoms with Crippen LogP contribution in [0.25, 0.3) is 22.6 Å². The number of nitriles is 1. The summed E-state index contributed by atoms with van der Waals surface area (Å²) in [4.78, 5) is 13.8. The van der Waals surface area contributed by atoms with E-state index in [0.29, 0.717) is 28.5 Å². The number of benzene rings is 2. The Labute approximate surface area is 163 Å². The van der Waals surface area contributed by atoms with Crippen molar-refractivity contribution in [1.82, 2.24) is 14.9 Å². The lowest BCUT2D eigenvalue weighted by molar-refractivity contribution is 0.312. The van der Waals surface area contributed by atoms with Crippen molar-refractivity contribution in [3.05, 3.63) is 66.0 Å². The van der Waals surface area contributed by atoms with Crippen LogP contribution in [0.5, 0.6) is 0 Å². The van der Waals surface area contributed by atoms with Crippen LogP contribution in [0.1, 0.15) is 5.56 Å². The fraction of sp³-hybridized carbons (Fsp3) is 0.227. The number of piperazine rings is 1. The molecule has 0 unspecified atom stereocenters. The quantitative estimate of drug-likeness (QED) is 0.702. The Balaban J connectivity index is 1.90. The number of halogens is 1. The molecule has 1 aromatic heterocycles. The van der Waals surface area contributed by atoms with Gasteiger partial charge in [0.1, 0.15) is 17.4 Å². The first kappa shape index (κ1) is 18.1. The van der Waals surface area contributed by atoms with E-state index >= 15 is 0 Å². The van der Waals surface area contributed by atoms with E-state index in [0.717, 1.165) is 31.7 Å². The fourth-order valence-corrected chi connectivity index (χ4v) is 3.33. The molecule has 140 valence electrons. The van der Waals surface area contributed by atoms with E-state index in [-0.39, 0.29) is 5.82 Å². The summed E-state index contributed by atoms with van der Waals surface area (Å²) in [6.07, 6.45) is 0. The normalized spacial score (nSPS) is 14.7. The molecule has 2 heterocycles. The predicted octanol–water partition coefficient (Wildman–Crippen LogP) is 3.57. The van der Waals surface area contributed by atoms with Crippen LogP contribution in [0, 0.1) is 17.1 Å². The Bertz CT molecular complexity index is 1000. The minimum absolute atomic E-state index is 0.320. The molecule has 5 nitrogen and oxygen atoms in total. The van der Waals surface area contributed by atoms with E-state index in [4.69, 9.17) is 9.97 Å². The van der Waals surface area contributed by atoms with Crippen LogP contribution in [-0.2, 0) is 0 Å². The Morgan fingerprint density at radius 3 is 2.21 bits per heavy atom. The average molecular weight is 373 g/mol. The molecule has 28 heavy (non-hydrogen) atoms. The highest BCUT2D eigenvalue weighted by Crippen LogP contribution is 2.31. The van der Waals surface area contributed by atoms with Crippen molar-refractivity contribution in [3.63, 3.8) is 0 Å². The molecule has 4 rings (SSSR count). The van der Waals surface area contributed by atoms with Crippen molar-refractivity contribution < 1.29 is 4.39 Å². The van der Waals surface area contributed by atoms with Crippen LogP contribution in [0.4, 0.5) is 10.2 Å². The molecule has 0 amide bonds. The summed E-state index contributed by atoms with van der Waals surface area (Å²) in [5.41, 5.74) is 2.54. The predicted molar refractivity (Wildman–Crippen MR) is 107 cm³/mol. The number of nitrogens with zero attached hydrogens (tertiary/aromatic N) is 5. The molecule has 0 N–H and O–H groups in total. The zero-order valence-corrected chi connectivity index (χ0v) is 15.6. The highest BCUT2D eigenvalue weighted by molar-refractivity contribution is 5.76. The third kappa shape index (κ3) is 3.57. The lowest BCUT2D eigenvalue weighted by Gasteiger charge is -2.34. The van der Waals surface area contributed by atoms with E-state index in [1.54, 1.807) is 12.1 Å². The second-order valence-electron chi connectivity index (χ2n) is 6.87. The zero-order valence-electron chi connectivity index (χ0n) is 15.6. The van der Waals surface area contributed by atoms with Crippen LogP contribution in [0.2, 0.25) is 0 Å². The number of hydrogen-bond donors (Lipinski definition) is 0. The average Bonchev–Trinajstić information content (AvgIpc) is 2.74. The summed E-state index contributed by atoms with van der Waals surface area (Å²) in [7, 11) is 2.09. The third-order valence-corrected chi connectivity index (χ3v) is 4.95. The Morgan fingerprint density at radius 1 is 0.893 bits per heavy atom. The van der Waals surface area contributed by atoms with Gasteiger partial charge in [-0.05, 0) is 31.3 Å². The van der Waals surface area contributed by atoms with Crippen molar-refractivity contribution in [2.75, 3.05) is 38.1 Å². The number of likely N-dealkylation sites (N-methyl/N-ethyl adjacent to an activating group) is 1. The Kier molecular flexibility index (Phi) is 5.00. The van der Waals surface area contributed by atoms with Crippen molar-refractivity contribution in [2.24, 2.45) is 0 Å². The van der Waals surface area contributed by atoms with Gasteiger partial charge in [-0.3, -0.25) is 0 Å². The van der Waals surface area contributed by atoms with Crippen molar-refractivity contribution in [1.29, 1.82) is 5.26 Å². The summed E-state index contributed by atoms with van der Waals surface area (Å²) in [6.45, 7) is 3.39. The Morgan fingerprint density at radius 2 is 1.57 bits per heavy atom. The number of aromatic nitrogens is 2. The van der Waals surface area contributed by atoms with E-state index < -0.39 is 0 Å². The van der Waals surface area contributed by atoms with Gasteiger partial charge in [-0.2, -0.15) is 5.26 Å². The van der Waals surface area contributed by atoms with E-state index in [1.165, 1.54) is 12.1 Å². The van der Waals surface area contributed by atoms with Gasteiger partial charge in [-0.1, -0.05) is 30.3 Å². The molecule has 1 aliphatic rings. The smallest absolute Gasteiger partial charge is 0.162 e. The molecule has 1 saturated heterocycles. The van der Waals surface area contributed by atoms with Crippen LogP contribution in [-0.4, -0.2) is 48.1 Å². The largest absolute Gasteiger partial charge is 0.353 e. The van der Waals surface area contributed by atoms with Crippen LogP contribution >= 0.6 is 0 Å². The van der Waals surface area contributed by atoms with E-state index in [1.807, 2.05) is 30.3 Å². The minimum atomic E-state index is -0.320. The fourth-order valence-electron chi connectivity index (χ4n) is 3.33. The maximum atomic E-state index is 13.4. The van der Waals surface area contributed by atoms with Crippen LogP contribution < -0.4 is 4.90 Å². The van der Waals surface area contributed by atoms with Gasteiger partial charge in [0.05, 0.1) is 5.69 Å². The van der Waals surface area contributed by atoms with Crippen LogP contribution in [0.3, 0.4) is 0 Å². The van der Waals surface area contributed by atoms with Gasteiger partial charge in [-0.25, -0.2) is 14.4 Å². The van der Waals surface area contributed by atoms with Gasteiger partial charge in [0, 0.05) is 37.3 Å². The molecule has 0 spiro atoms. The van der Waals surface area contributed by atoms with Gasteiger partial charge in [0.2, 0.25) is 0 Å². The molecule has 0 saturated carbocycles. The van der Waals surface area contributed by atoms with Gasteiger partial charge in [-0.15, -0.1) is 0 Å². The van der Waals surface area contributed by atoms with E-state index in [2.05, 4.69) is 22.9 Å². The Hall–Kier alpha value is -3.30. The molecular formula is C22H20FN5. The van der Waals surface area contributed by atoms with Crippen LogP contribution in [0.15, 0.2) is 54.6 Å². The molecule has 0 radical (unpaired) electrons. The second kappa shape index (κ2) is 7.75. The standard InChI is InChI=1S/C22H20FN5/c1-27-11-13-28(14-12-27)22-19(15-24)20(16-7-9-18(23)10-8-16)25-21(26-22)17-5-3-2-4-6-17/h2-10H,11-14H2,1H3. The van der Waals surface area contributed by atoms with Crippen molar-refractivity contribution in [3.8, 4) is 28.7 Å².